The van der Waals surface area contributed by atoms with Crippen LogP contribution in [0, 0.1) is 17.3 Å². The third kappa shape index (κ3) is 2.20. The Morgan fingerprint density at radius 1 is 1.19 bits per heavy atom. The van der Waals surface area contributed by atoms with E-state index < -0.39 is 5.60 Å². The number of allylic oxidation sites excluding steroid dienone is 1. The molecule has 1 fully saturated rings. The zero-order chi connectivity index (χ0) is 12.0. The number of fused-ring (bicyclic) bond motifs is 1. The van der Waals surface area contributed by atoms with Crippen molar-refractivity contribution in [2.45, 2.75) is 65.4 Å². The molecule has 0 spiro atoms. The number of rotatable bonds is 0. The van der Waals surface area contributed by atoms with E-state index in [0.29, 0.717) is 5.41 Å². The van der Waals surface area contributed by atoms with E-state index in [1.54, 1.807) is 0 Å². The molecule has 2 aliphatic rings. The Hall–Kier alpha value is -0.300. The molecule has 0 radical (unpaired) electrons. The highest BCUT2D eigenvalue weighted by Gasteiger charge is 2.40. The fourth-order valence-electron chi connectivity index (χ4n) is 3.62. The molecule has 0 amide bonds. The van der Waals surface area contributed by atoms with Crippen molar-refractivity contribution in [3.8, 4) is 0 Å². The molecule has 0 aromatic rings. The van der Waals surface area contributed by atoms with Gasteiger partial charge in [-0.2, -0.15) is 0 Å². The summed E-state index contributed by atoms with van der Waals surface area (Å²) in [5, 5.41) is 10.2. The van der Waals surface area contributed by atoms with E-state index in [9.17, 15) is 5.11 Å². The molecular weight excluding hydrogens is 196 g/mol. The molecule has 92 valence electrons. The van der Waals surface area contributed by atoms with Crippen LogP contribution in [0.25, 0.3) is 0 Å². The summed E-state index contributed by atoms with van der Waals surface area (Å²) in [5.41, 5.74) is 1.27. The van der Waals surface area contributed by atoms with E-state index in [1.807, 2.05) is 6.92 Å². The van der Waals surface area contributed by atoms with Gasteiger partial charge in [-0.05, 0) is 43.4 Å². The Morgan fingerprint density at radius 3 is 2.56 bits per heavy atom. The van der Waals surface area contributed by atoms with Gasteiger partial charge in [-0.15, -0.1) is 0 Å². The van der Waals surface area contributed by atoms with Gasteiger partial charge in [0.05, 0.1) is 5.60 Å². The lowest BCUT2D eigenvalue weighted by Gasteiger charge is -2.40. The van der Waals surface area contributed by atoms with Gasteiger partial charge in [-0.1, -0.05) is 45.3 Å². The van der Waals surface area contributed by atoms with Crippen LogP contribution in [0.15, 0.2) is 11.6 Å². The third-order valence-electron chi connectivity index (χ3n) is 4.76. The van der Waals surface area contributed by atoms with Gasteiger partial charge >= 0.3 is 0 Å². The quantitative estimate of drug-likeness (QED) is 0.616. The number of aliphatic hydroxyl groups is 1. The molecule has 0 aliphatic heterocycles. The van der Waals surface area contributed by atoms with Crippen LogP contribution in [-0.4, -0.2) is 10.7 Å². The lowest BCUT2D eigenvalue weighted by atomic mass is 9.67. The molecule has 1 saturated carbocycles. The van der Waals surface area contributed by atoms with Gasteiger partial charge in [-0.25, -0.2) is 0 Å². The van der Waals surface area contributed by atoms with Crippen LogP contribution >= 0.6 is 0 Å². The van der Waals surface area contributed by atoms with Gasteiger partial charge in [0.1, 0.15) is 0 Å². The second-order valence-electron chi connectivity index (χ2n) is 6.86. The molecule has 16 heavy (non-hydrogen) atoms. The smallest absolute Gasteiger partial charge is 0.0802 e. The summed E-state index contributed by atoms with van der Waals surface area (Å²) in [6.45, 7) is 9.05. The van der Waals surface area contributed by atoms with E-state index >= 15 is 0 Å². The van der Waals surface area contributed by atoms with E-state index in [4.69, 9.17) is 0 Å². The van der Waals surface area contributed by atoms with Crippen LogP contribution in [0.1, 0.15) is 59.8 Å². The Balaban J connectivity index is 2.39. The molecule has 0 saturated heterocycles. The molecule has 2 rings (SSSR count). The lowest BCUT2D eigenvalue weighted by molar-refractivity contribution is 0.0757. The van der Waals surface area contributed by atoms with Crippen molar-refractivity contribution in [1.29, 1.82) is 0 Å². The molecule has 0 bridgehead atoms. The summed E-state index contributed by atoms with van der Waals surface area (Å²) in [6.07, 6.45) is 8.25. The summed E-state index contributed by atoms with van der Waals surface area (Å²) < 4.78 is 0. The molecule has 1 nitrogen and oxygen atoms in total. The highest BCUT2D eigenvalue weighted by molar-refractivity contribution is 5.25. The molecule has 1 heteroatoms. The summed E-state index contributed by atoms with van der Waals surface area (Å²) >= 11 is 0. The summed E-state index contributed by atoms with van der Waals surface area (Å²) in [7, 11) is 0. The minimum absolute atomic E-state index is 0.292. The highest BCUT2D eigenvalue weighted by Crippen LogP contribution is 2.49. The van der Waals surface area contributed by atoms with Crippen molar-refractivity contribution < 1.29 is 5.11 Å². The minimum Gasteiger partial charge on any atom is -0.386 e. The van der Waals surface area contributed by atoms with Crippen molar-refractivity contribution in [3.05, 3.63) is 11.6 Å². The van der Waals surface area contributed by atoms with Gasteiger partial charge < -0.3 is 5.11 Å². The summed E-state index contributed by atoms with van der Waals surface area (Å²) in [4.78, 5) is 0. The molecule has 0 heterocycles. The largest absolute Gasteiger partial charge is 0.386 e. The van der Waals surface area contributed by atoms with E-state index in [0.717, 1.165) is 18.3 Å². The van der Waals surface area contributed by atoms with Crippen LogP contribution in [-0.2, 0) is 0 Å². The third-order valence-corrected chi connectivity index (χ3v) is 4.76. The van der Waals surface area contributed by atoms with Crippen molar-refractivity contribution in [3.63, 3.8) is 0 Å². The Bertz CT molecular complexity index is 299. The first-order valence-electron chi connectivity index (χ1n) is 6.77. The minimum atomic E-state index is -0.562. The second-order valence-corrected chi connectivity index (χ2v) is 6.86. The Kier molecular flexibility index (Phi) is 2.94. The molecule has 3 atom stereocenters. The average Bonchev–Trinajstić information content (AvgIpc) is 2.24. The first kappa shape index (κ1) is 12.2. The predicted octanol–water partition coefficient (Wildman–Crippen LogP) is 3.92. The number of hydrogen-bond donors (Lipinski definition) is 1. The van der Waals surface area contributed by atoms with Crippen LogP contribution in [0.5, 0.6) is 0 Å². The topological polar surface area (TPSA) is 20.2 Å². The van der Waals surface area contributed by atoms with Gasteiger partial charge in [0, 0.05) is 0 Å². The van der Waals surface area contributed by atoms with Crippen LogP contribution in [0.2, 0.25) is 0 Å². The van der Waals surface area contributed by atoms with Crippen molar-refractivity contribution in [1.82, 2.24) is 0 Å². The maximum Gasteiger partial charge on any atom is 0.0802 e. The Labute approximate surface area is 99.9 Å². The van der Waals surface area contributed by atoms with Crippen molar-refractivity contribution in [2.75, 3.05) is 0 Å². The van der Waals surface area contributed by atoms with Crippen LogP contribution < -0.4 is 0 Å². The molecule has 0 unspecified atom stereocenters. The van der Waals surface area contributed by atoms with Gasteiger partial charge in [0.25, 0.3) is 0 Å². The predicted molar refractivity (Wildman–Crippen MR) is 68.2 cm³/mol. The van der Waals surface area contributed by atoms with Gasteiger partial charge in [0.15, 0.2) is 0 Å². The first-order valence-corrected chi connectivity index (χ1v) is 6.77. The Morgan fingerprint density at radius 2 is 1.88 bits per heavy atom. The molecule has 2 aliphatic carbocycles. The number of hydrogen-bond acceptors (Lipinski definition) is 1. The monoisotopic (exact) mass is 222 g/mol. The second kappa shape index (κ2) is 3.87. The van der Waals surface area contributed by atoms with E-state index in [-0.39, 0.29) is 0 Å². The SMILES string of the molecule is C[C@H]1CCCC(C)(C)C2=C[C@@](C)(O)CC[C@@H]21. The zero-order valence-electron chi connectivity index (χ0n) is 11.2. The summed E-state index contributed by atoms with van der Waals surface area (Å²) in [6, 6.07) is 0. The normalized spacial score (nSPS) is 43.2. The van der Waals surface area contributed by atoms with E-state index in [1.165, 1.54) is 31.3 Å². The molecule has 0 aromatic heterocycles. The maximum absolute atomic E-state index is 10.2. The van der Waals surface area contributed by atoms with E-state index in [2.05, 4.69) is 26.8 Å². The fraction of sp³-hybridized carbons (Fsp3) is 0.867. The zero-order valence-corrected chi connectivity index (χ0v) is 11.2. The lowest BCUT2D eigenvalue weighted by Crippen LogP contribution is -2.34. The van der Waals surface area contributed by atoms with Crippen molar-refractivity contribution >= 4 is 0 Å². The first-order chi connectivity index (χ1) is 7.32. The van der Waals surface area contributed by atoms with Crippen LogP contribution in [0.3, 0.4) is 0 Å². The van der Waals surface area contributed by atoms with Gasteiger partial charge in [-0.3, -0.25) is 0 Å². The fourth-order valence-corrected chi connectivity index (χ4v) is 3.62. The van der Waals surface area contributed by atoms with Crippen LogP contribution in [0.4, 0.5) is 0 Å². The highest BCUT2D eigenvalue weighted by atomic mass is 16.3. The maximum atomic E-state index is 10.2. The summed E-state index contributed by atoms with van der Waals surface area (Å²) in [5.74, 6) is 1.52. The molecule has 0 aromatic carbocycles. The average molecular weight is 222 g/mol. The van der Waals surface area contributed by atoms with Gasteiger partial charge in [0.2, 0.25) is 0 Å². The standard InChI is InChI=1S/C15H26O/c1-11-6-5-8-14(2,3)13-10-15(4,16)9-7-12(11)13/h10-12,16H,5-9H2,1-4H3/t11-,12+,15-/m0/s1. The molecule has 1 N–H and O–H groups in total. The molecular formula is C15H26O. The van der Waals surface area contributed by atoms with Crippen molar-refractivity contribution in [2.24, 2.45) is 17.3 Å².